The van der Waals surface area contributed by atoms with Crippen molar-refractivity contribution in [2.75, 3.05) is 19.6 Å². The SMILES string of the molecule is CCC1CN(C(C)(C)c2nccs2)CCN1. The van der Waals surface area contributed by atoms with Crippen molar-refractivity contribution in [3.05, 3.63) is 16.6 Å². The molecule has 0 bridgehead atoms. The van der Waals surface area contributed by atoms with Gasteiger partial charge in [0.25, 0.3) is 0 Å². The van der Waals surface area contributed by atoms with Crippen LogP contribution in [0.2, 0.25) is 0 Å². The van der Waals surface area contributed by atoms with Crippen LogP contribution in [0.4, 0.5) is 0 Å². The van der Waals surface area contributed by atoms with Crippen molar-refractivity contribution in [2.24, 2.45) is 0 Å². The van der Waals surface area contributed by atoms with Gasteiger partial charge in [-0.3, -0.25) is 4.90 Å². The van der Waals surface area contributed by atoms with Gasteiger partial charge >= 0.3 is 0 Å². The monoisotopic (exact) mass is 239 g/mol. The Morgan fingerprint density at radius 2 is 2.44 bits per heavy atom. The summed E-state index contributed by atoms with van der Waals surface area (Å²) in [4.78, 5) is 7.02. The third-order valence-corrected chi connectivity index (χ3v) is 4.58. The van der Waals surface area contributed by atoms with Crippen LogP contribution in [0.25, 0.3) is 0 Å². The maximum atomic E-state index is 4.47. The van der Waals surface area contributed by atoms with E-state index in [1.54, 1.807) is 11.3 Å². The van der Waals surface area contributed by atoms with E-state index in [4.69, 9.17) is 0 Å². The van der Waals surface area contributed by atoms with Crippen molar-refractivity contribution in [1.82, 2.24) is 15.2 Å². The molecule has 1 aromatic heterocycles. The number of thiazole rings is 1. The van der Waals surface area contributed by atoms with Crippen LogP contribution < -0.4 is 5.32 Å². The predicted molar refractivity (Wildman–Crippen MR) is 68.8 cm³/mol. The van der Waals surface area contributed by atoms with E-state index in [9.17, 15) is 0 Å². The summed E-state index contributed by atoms with van der Waals surface area (Å²) in [6, 6.07) is 0.632. The van der Waals surface area contributed by atoms with Crippen molar-refractivity contribution in [1.29, 1.82) is 0 Å². The maximum absolute atomic E-state index is 4.47. The number of aromatic nitrogens is 1. The summed E-state index contributed by atoms with van der Waals surface area (Å²) < 4.78 is 0. The Hall–Kier alpha value is -0.450. The second-order valence-electron chi connectivity index (χ2n) is 4.90. The average Bonchev–Trinajstić information content (AvgIpc) is 2.83. The van der Waals surface area contributed by atoms with Crippen molar-refractivity contribution in [2.45, 2.75) is 38.8 Å². The van der Waals surface area contributed by atoms with Crippen LogP contribution >= 0.6 is 11.3 Å². The van der Waals surface area contributed by atoms with Crippen LogP contribution in [0.3, 0.4) is 0 Å². The fourth-order valence-electron chi connectivity index (χ4n) is 2.27. The first-order valence-corrected chi connectivity index (χ1v) is 6.91. The van der Waals surface area contributed by atoms with E-state index < -0.39 is 0 Å². The normalized spacial score (nSPS) is 23.6. The largest absolute Gasteiger partial charge is 0.311 e. The molecule has 2 rings (SSSR count). The summed E-state index contributed by atoms with van der Waals surface area (Å²) in [6.07, 6.45) is 3.10. The summed E-state index contributed by atoms with van der Waals surface area (Å²) in [5.74, 6) is 0. The lowest BCUT2D eigenvalue weighted by atomic mass is 10.0. The van der Waals surface area contributed by atoms with Gasteiger partial charge in [-0.2, -0.15) is 0 Å². The Bertz CT molecular complexity index is 321. The molecule has 1 atom stereocenters. The number of piperazine rings is 1. The molecule has 1 aromatic rings. The highest BCUT2D eigenvalue weighted by atomic mass is 32.1. The molecule has 0 aliphatic carbocycles. The molecule has 0 aromatic carbocycles. The van der Waals surface area contributed by atoms with Gasteiger partial charge in [-0.05, 0) is 20.3 Å². The average molecular weight is 239 g/mol. The molecule has 90 valence electrons. The van der Waals surface area contributed by atoms with Gasteiger partial charge in [0.15, 0.2) is 0 Å². The van der Waals surface area contributed by atoms with E-state index in [1.165, 1.54) is 11.4 Å². The third kappa shape index (κ3) is 2.29. The van der Waals surface area contributed by atoms with E-state index in [2.05, 4.69) is 41.4 Å². The van der Waals surface area contributed by atoms with Crippen LogP contribution in [0.5, 0.6) is 0 Å². The molecule has 1 aliphatic rings. The van der Waals surface area contributed by atoms with E-state index in [0.717, 1.165) is 19.6 Å². The quantitative estimate of drug-likeness (QED) is 0.875. The summed E-state index contributed by atoms with van der Waals surface area (Å²) >= 11 is 1.76. The standard InChI is InChI=1S/C12H21N3S/c1-4-10-9-15(7-5-13-10)12(2,3)11-14-6-8-16-11/h6,8,10,13H,4-5,7,9H2,1-3H3. The second kappa shape index (κ2) is 4.82. The van der Waals surface area contributed by atoms with Gasteiger partial charge in [0.2, 0.25) is 0 Å². The first-order valence-electron chi connectivity index (χ1n) is 6.03. The second-order valence-corrected chi connectivity index (χ2v) is 5.80. The van der Waals surface area contributed by atoms with E-state index in [-0.39, 0.29) is 5.54 Å². The van der Waals surface area contributed by atoms with Crippen LogP contribution in [-0.2, 0) is 5.54 Å². The molecule has 2 heterocycles. The Labute approximate surface area is 102 Å². The molecular weight excluding hydrogens is 218 g/mol. The minimum Gasteiger partial charge on any atom is -0.311 e. The molecule has 1 N–H and O–H groups in total. The molecular formula is C12H21N3S. The smallest absolute Gasteiger partial charge is 0.112 e. The third-order valence-electron chi connectivity index (χ3n) is 3.49. The number of nitrogens with zero attached hydrogens (tertiary/aromatic N) is 2. The lowest BCUT2D eigenvalue weighted by molar-refractivity contribution is 0.0796. The lowest BCUT2D eigenvalue weighted by Gasteiger charge is -2.42. The first-order chi connectivity index (χ1) is 7.64. The zero-order valence-corrected chi connectivity index (χ0v) is 11.2. The zero-order chi connectivity index (χ0) is 11.6. The molecule has 0 saturated carbocycles. The van der Waals surface area contributed by atoms with Crippen molar-refractivity contribution >= 4 is 11.3 Å². The summed E-state index contributed by atoms with van der Waals surface area (Å²) in [7, 11) is 0. The fourth-order valence-corrected chi connectivity index (χ4v) is 3.06. The van der Waals surface area contributed by atoms with Crippen LogP contribution in [0.15, 0.2) is 11.6 Å². The molecule has 4 heteroatoms. The van der Waals surface area contributed by atoms with Crippen LogP contribution in [-0.4, -0.2) is 35.6 Å². The van der Waals surface area contributed by atoms with Gasteiger partial charge in [-0.1, -0.05) is 6.92 Å². The van der Waals surface area contributed by atoms with E-state index in [0.29, 0.717) is 6.04 Å². The molecule has 1 fully saturated rings. The lowest BCUT2D eigenvalue weighted by Crippen LogP contribution is -2.56. The number of rotatable bonds is 3. The van der Waals surface area contributed by atoms with Crippen LogP contribution in [0, 0.1) is 0 Å². The fraction of sp³-hybridized carbons (Fsp3) is 0.750. The highest BCUT2D eigenvalue weighted by molar-refractivity contribution is 7.09. The summed E-state index contributed by atoms with van der Waals surface area (Å²) in [5, 5.41) is 6.85. The van der Waals surface area contributed by atoms with Gasteiger partial charge in [-0.25, -0.2) is 4.98 Å². The topological polar surface area (TPSA) is 28.2 Å². The Morgan fingerprint density at radius 3 is 3.06 bits per heavy atom. The van der Waals surface area contributed by atoms with Crippen molar-refractivity contribution in [3.8, 4) is 0 Å². The van der Waals surface area contributed by atoms with Gasteiger partial charge in [-0.15, -0.1) is 11.3 Å². The summed E-state index contributed by atoms with van der Waals surface area (Å²) in [6.45, 7) is 10.1. The molecule has 0 spiro atoms. The predicted octanol–water partition coefficient (Wildman–Crippen LogP) is 2.06. The van der Waals surface area contributed by atoms with Crippen molar-refractivity contribution < 1.29 is 0 Å². The minimum atomic E-state index is 0.0731. The van der Waals surface area contributed by atoms with E-state index >= 15 is 0 Å². The van der Waals surface area contributed by atoms with Gasteiger partial charge < -0.3 is 5.32 Å². The molecule has 3 nitrogen and oxygen atoms in total. The Kier molecular flexibility index (Phi) is 3.62. The summed E-state index contributed by atoms with van der Waals surface area (Å²) in [5.41, 5.74) is 0.0731. The molecule has 1 unspecified atom stereocenters. The number of nitrogens with one attached hydrogen (secondary N) is 1. The van der Waals surface area contributed by atoms with Crippen molar-refractivity contribution in [3.63, 3.8) is 0 Å². The van der Waals surface area contributed by atoms with Gasteiger partial charge in [0.05, 0.1) is 5.54 Å². The molecule has 1 aliphatic heterocycles. The molecule has 0 radical (unpaired) electrons. The minimum absolute atomic E-state index is 0.0731. The van der Waals surface area contributed by atoms with E-state index in [1.807, 2.05) is 6.20 Å². The first kappa shape index (κ1) is 12.0. The Balaban J connectivity index is 2.11. The maximum Gasteiger partial charge on any atom is 0.112 e. The Morgan fingerprint density at radius 1 is 1.62 bits per heavy atom. The number of hydrogen-bond donors (Lipinski definition) is 1. The zero-order valence-electron chi connectivity index (χ0n) is 10.4. The molecule has 16 heavy (non-hydrogen) atoms. The molecule has 1 saturated heterocycles. The molecule has 0 amide bonds. The highest BCUT2D eigenvalue weighted by Crippen LogP contribution is 2.30. The van der Waals surface area contributed by atoms with Gasteiger partial charge in [0.1, 0.15) is 5.01 Å². The number of hydrogen-bond acceptors (Lipinski definition) is 4. The van der Waals surface area contributed by atoms with Crippen LogP contribution in [0.1, 0.15) is 32.2 Å². The highest BCUT2D eigenvalue weighted by Gasteiger charge is 2.33. The van der Waals surface area contributed by atoms with Gasteiger partial charge in [0, 0.05) is 37.3 Å².